The van der Waals surface area contributed by atoms with Crippen molar-refractivity contribution in [3.05, 3.63) is 53.9 Å². The van der Waals surface area contributed by atoms with E-state index in [2.05, 4.69) is 15.0 Å². The third-order valence-electron chi connectivity index (χ3n) is 2.21. The maximum Gasteiger partial charge on any atom is 0.124 e. The predicted octanol–water partition coefficient (Wildman–Crippen LogP) is 1.26. The summed E-state index contributed by atoms with van der Waals surface area (Å²) in [7, 11) is 0. The van der Waals surface area contributed by atoms with E-state index in [1.807, 2.05) is 19.1 Å². The van der Waals surface area contributed by atoms with Gasteiger partial charge in [-0.15, -0.1) is 0 Å². The Kier molecular flexibility index (Phi) is 2.69. The number of hydrogen-bond donors (Lipinski definition) is 1. The van der Waals surface area contributed by atoms with Gasteiger partial charge in [-0.25, -0.2) is 9.97 Å². The molecule has 2 aromatic rings. The SMILES string of the molecule is Cc1cccnc1C(O)c1cncnc1. The maximum absolute atomic E-state index is 10.0. The highest BCUT2D eigenvalue weighted by molar-refractivity contribution is 5.27. The van der Waals surface area contributed by atoms with Gasteiger partial charge in [0.05, 0.1) is 5.69 Å². The van der Waals surface area contributed by atoms with Gasteiger partial charge in [0.25, 0.3) is 0 Å². The van der Waals surface area contributed by atoms with E-state index < -0.39 is 6.10 Å². The van der Waals surface area contributed by atoms with Gasteiger partial charge in [-0.05, 0) is 18.6 Å². The number of pyridine rings is 1. The Morgan fingerprint density at radius 2 is 2.00 bits per heavy atom. The summed E-state index contributed by atoms with van der Waals surface area (Å²) in [6, 6.07) is 3.75. The van der Waals surface area contributed by atoms with Crippen LogP contribution in [0.15, 0.2) is 37.1 Å². The molecule has 1 unspecified atom stereocenters. The van der Waals surface area contributed by atoms with Gasteiger partial charge in [0.2, 0.25) is 0 Å². The second kappa shape index (κ2) is 4.14. The highest BCUT2D eigenvalue weighted by Gasteiger charge is 2.13. The molecule has 15 heavy (non-hydrogen) atoms. The molecule has 4 nitrogen and oxygen atoms in total. The summed E-state index contributed by atoms with van der Waals surface area (Å²) in [5.74, 6) is 0. The molecular weight excluding hydrogens is 190 g/mol. The lowest BCUT2D eigenvalue weighted by Crippen LogP contribution is -2.05. The van der Waals surface area contributed by atoms with Gasteiger partial charge in [-0.2, -0.15) is 0 Å². The quantitative estimate of drug-likeness (QED) is 0.794. The zero-order chi connectivity index (χ0) is 10.7. The van der Waals surface area contributed by atoms with Gasteiger partial charge in [-0.3, -0.25) is 4.98 Å². The van der Waals surface area contributed by atoms with E-state index in [0.717, 1.165) is 5.56 Å². The first-order chi connectivity index (χ1) is 7.29. The summed E-state index contributed by atoms with van der Waals surface area (Å²) in [6.45, 7) is 1.91. The third-order valence-corrected chi connectivity index (χ3v) is 2.21. The van der Waals surface area contributed by atoms with Gasteiger partial charge in [0.15, 0.2) is 0 Å². The Balaban J connectivity index is 2.37. The van der Waals surface area contributed by atoms with Gasteiger partial charge in [-0.1, -0.05) is 6.07 Å². The Morgan fingerprint density at radius 3 is 2.67 bits per heavy atom. The zero-order valence-corrected chi connectivity index (χ0v) is 8.33. The number of aryl methyl sites for hydroxylation is 1. The molecule has 0 fully saturated rings. The monoisotopic (exact) mass is 201 g/mol. The van der Waals surface area contributed by atoms with Gasteiger partial charge in [0.1, 0.15) is 12.4 Å². The fraction of sp³-hybridized carbons (Fsp3) is 0.182. The van der Waals surface area contributed by atoms with E-state index in [9.17, 15) is 5.11 Å². The molecule has 2 aromatic heterocycles. The van der Waals surface area contributed by atoms with Crippen molar-refractivity contribution in [2.75, 3.05) is 0 Å². The fourth-order valence-electron chi connectivity index (χ4n) is 1.39. The van der Waals surface area contributed by atoms with Crippen LogP contribution in [0, 0.1) is 6.92 Å². The maximum atomic E-state index is 10.0. The third kappa shape index (κ3) is 1.99. The minimum Gasteiger partial charge on any atom is -0.382 e. The van der Waals surface area contributed by atoms with Crippen LogP contribution in [0.4, 0.5) is 0 Å². The molecule has 2 rings (SSSR count). The smallest absolute Gasteiger partial charge is 0.124 e. The Bertz CT molecular complexity index is 445. The lowest BCUT2D eigenvalue weighted by atomic mass is 10.1. The van der Waals surface area contributed by atoms with Crippen LogP contribution in [0.25, 0.3) is 0 Å². The van der Waals surface area contributed by atoms with Crippen molar-refractivity contribution in [1.29, 1.82) is 0 Å². The average Bonchev–Trinajstić information content (AvgIpc) is 2.30. The summed E-state index contributed by atoms with van der Waals surface area (Å²) < 4.78 is 0. The lowest BCUT2D eigenvalue weighted by Gasteiger charge is -2.11. The fourth-order valence-corrected chi connectivity index (χ4v) is 1.39. The minimum absolute atomic E-state index is 0.646. The van der Waals surface area contributed by atoms with Crippen molar-refractivity contribution in [2.24, 2.45) is 0 Å². The minimum atomic E-state index is -0.757. The summed E-state index contributed by atoms with van der Waals surface area (Å²) >= 11 is 0. The largest absolute Gasteiger partial charge is 0.382 e. The first-order valence-electron chi connectivity index (χ1n) is 4.63. The highest BCUT2D eigenvalue weighted by atomic mass is 16.3. The van der Waals surface area contributed by atoms with Crippen LogP contribution >= 0.6 is 0 Å². The summed E-state index contributed by atoms with van der Waals surface area (Å²) in [5.41, 5.74) is 2.25. The molecule has 0 bridgehead atoms. The molecule has 0 aromatic carbocycles. The molecule has 1 atom stereocenters. The van der Waals surface area contributed by atoms with Crippen molar-refractivity contribution in [1.82, 2.24) is 15.0 Å². The second-order valence-corrected chi connectivity index (χ2v) is 3.28. The number of hydrogen-bond acceptors (Lipinski definition) is 4. The number of aliphatic hydroxyl groups is 1. The van der Waals surface area contributed by atoms with Crippen LogP contribution in [0.2, 0.25) is 0 Å². The molecule has 76 valence electrons. The lowest BCUT2D eigenvalue weighted by molar-refractivity contribution is 0.213. The molecule has 0 radical (unpaired) electrons. The van der Waals surface area contributed by atoms with E-state index >= 15 is 0 Å². The topological polar surface area (TPSA) is 58.9 Å². The van der Waals surface area contributed by atoms with Crippen molar-refractivity contribution < 1.29 is 5.11 Å². The molecule has 4 heteroatoms. The summed E-state index contributed by atoms with van der Waals surface area (Å²) in [5, 5.41) is 10.0. The van der Waals surface area contributed by atoms with Crippen LogP contribution in [-0.2, 0) is 0 Å². The Hall–Kier alpha value is -1.81. The Labute approximate surface area is 87.7 Å². The first-order valence-corrected chi connectivity index (χ1v) is 4.63. The van der Waals surface area contributed by atoms with Crippen molar-refractivity contribution in [2.45, 2.75) is 13.0 Å². The molecule has 0 aliphatic heterocycles. The zero-order valence-electron chi connectivity index (χ0n) is 8.33. The molecular formula is C11H11N3O. The summed E-state index contributed by atoms with van der Waals surface area (Å²) in [4.78, 5) is 11.9. The van der Waals surface area contributed by atoms with E-state index in [0.29, 0.717) is 11.3 Å². The van der Waals surface area contributed by atoms with Crippen LogP contribution < -0.4 is 0 Å². The molecule has 0 aliphatic carbocycles. The standard InChI is InChI=1S/C11H11N3O/c1-8-3-2-4-14-10(8)11(15)9-5-12-7-13-6-9/h2-7,11,15H,1H3. The molecule has 0 spiro atoms. The molecule has 1 N–H and O–H groups in total. The molecule has 0 saturated carbocycles. The summed E-state index contributed by atoms with van der Waals surface area (Å²) in [6.07, 6.45) is 5.52. The van der Waals surface area contributed by atoms with E-state index in [1.165, 1.54) is 6.33 Å². The van der Waals surface area contributed by atoms with Gasteiger partial charge in [0, 0.05) is 24.2 Å². The van der Waals surface area contributed by atoms with E-state index in [1.54, 1.807) is 18.6 Å². The van der Waals surface area contributed by atoms with E-state index in [-0.39, 0.29) is 0 Å². The number of nitrogens with zero attached hydrogens (tertiary/aromatic N) is 3. The molecule has 0 aliphatic rings. The van der Waals surface area contributed by atoms with Crippen molar-refractivity contribution >= 4 is 0 Å². The second-order valence-electron chi connectivity index (χ2n) is 3.28. The van der Waals surface area contributed by atoms with Crippen LogP contribution in [0.5, 0.6) is 0 Å². The van der Waals surface area contributed by atoms with Crippen molar-refractivity contribution in [3.63, 3.8) is 0 Å². The van der Waals surface area contributed by atoms with Crippen LogP contribution in [0.3, 0.4) is 0 Å². The molecule has 2 heterocycles. The Morgan fingerprint density at radius 1 is 1.27 bits per heavy atom. The van der Waals surface area contributed by atoms with Gasteiger partial charge < -0.3 is 5.11 Å². The number of aromatic nitrogens is 3. The molecule has 0 saturated heterocycles. The highest BCUT2D eigenvalue weighted by Crippen LogP contribution is 2.20. The average molecular weight is 201 g/mol. The van der Waals surface area contributed by atoms with E-state index in [4.69, 9.17) is 0 Å². The van der Waals surface area contributed by atoms with Crippen molar-refractivity contribution in [3.8, 4) is 0 Å². The number of aliphatic hydroxyl groups excluding tert-OH is 1. The molecule has 0 amide bonds. The van der Waals surface area contributed by atoms with Gasteiger partial charge >= 0.3 is 0 Å². The van der Waals surface area contributed by atoms with Crippen LogP contribution in [0.1, 0.15) is 22.9 Å². The number of rotatable bonds is 2. The predicted molar refractivity (Wildman–Crippen MR) is 55.1 cm³/mol. The normalized spacial score (nSPS) is 12.4. The first kappa shape index (κ1) is 9.73. The van der Waals surface area contributed by atoms with Crippen LogP contribution in [-0.4, -0.2) is 20.1 Å².